The summed E-state index contributed by atoms with van der Waals surface area (Å²) >= 11 is 0. The maximum absolute atomic E-state index is 12.1. The summed E-state index contributed by atoms with van der Waals surface area (Å²) in [5.41, 5.74) is 6.99. The second-order valence-corrected chi connectivity index (χ2v) is 6.28. The van der Waals surface area contributed by atoms with Crippen molar-refractivity contribution in [2.45, 2.75) is 18.4 Å². The standard InChI is InChI=1S/C12H14N4O2S/c1-9-11(14-12(13)16-15-9)8-19(17,18)7-10-5-3-2-4-6-10/h2-6H,7-8H2,1H3,(H2,13,14,16). The van der Waals surface area contributed by atoms with Crippen LogP contribution in [0.4, 0.5) is 5.95 Å². The number of aromatic nitrogens is 3. The molecule has 6 nitrogen and oxygen atoms in total. The monoisotopic (exact) mass is 278 g/mol. The van der Waals surface area contributed by atoms with Crippen LogP contribution in [0.5, 0.6) is 0 Å². The van der Waals surface area contributed by atoms with Crippen molar-refractivity contribution in [2.75, 3.05) is 5.73 Å². The van der Waals surface area contributed by atoms with E-state index in [1.807, 2.05) is 6.07 Å². The predicted molar refractivity (Wildman–Crippen MR) is 71.7 cm³/mol. The topological polar surface area (TPSA) is 98.8 Å². The van der Waals surface area contributed by atoms with Crippen LogP contribution in [0.1, 0.15) is 17.0 Å². The highest BCUT2D eigenvalue weighted by Crippen LogP contribution is 2.12. The Hall–Kier alpha value is -2.02. The minimum atomic E-state index is -3.31. The van der Waals surface area contributed by atoms with Gasteiger partial charge < -0.3 is 5.73 Å². The predicted octanol–water partition coefficient (Wildman–Crippen LogP) is 0.877. The van der Waals surface area contributed by atoms with Gasteiger partial charge in [0, 0.05) is 0 Å². The molecule has 7 heteroatoms. The van der Waals surface area contributed by atoms with Crippen LogP contribution in [0.25, 0.3) is 0 Å². The Kier molecular flexibility index (Phi) is 3.75. The molecule has 0 aliphatic heterocycles. The van der Waals surface area contributed by atoms with Crippen molar-refractivity contribution >= 4 is 15.8 Å². The van der Waals surface area contributed by atoms with E-state index < -0.39 is 9.84 Å². The molecular formula is C12H14N4O2S. The lowest BCUT2D eigenvalue weighted by Gasteiger charge is -2.06. The molecule has 0 saturated heterocycles. The van der Waals surface area contributed by atoms with Crippen LogP contribution >= 0.6 is 0 Å². The van der Waals surface area contributed by atoms with Crippen molar-refractivity contribution in [3.05, 3.63) is 47.3 Å². The Morgan fingerprint density at radius 1 is 1.11 bits per heavy atom. The number of benzene rings is 1. The molecule has 0 radical (unpaired) electrons. The molecule has 0 spiro atoms. The first-order chi connectivity index (χ1) is 8.96. The number of anilines is 1. The first-order valence-electron chi connectivity index (χ1n) is 5.66. The zero-order valence-corrected chi connectivity index (χ0v) is 11.3. The highest BCUT2D eigenvalue weighted by molar-refractivity contribution is 7.89. The van der Waals surface area contributed by atoms with E-state index in [4.69, 9.17) is 5.73 Å². The molecule has 2 aromatic rings. The van der Waals surface area contributed by atoms with Gasteiger partial charge in [-0.15, -0.1) is 5.10 Å². The summed E-state index contributed by atoms with van der Waals surface area (Å²) in [7, 11) is -3.31. The molecule has 19 heavy (non-hydrogen) atoms. The summed E-state index contributed by atoms with van der Waals surface area (Å²) in [5.74, 6) is -0.236. The average molecular weight is 278 g/mol. The minimum absolute atomic E-state index is 0.0180. The number of nitrogen functional groups attached to an aromatic ring is 1. The zero-order valence-electron chi connectivity index (χ0n) is 10.4. The van der Waals surface area contributed by atoms with E-state index in [9.17, 15) is 8.42 Å². The van der Waals surface area contributed by atoms with Gasteiger partial charge in [0.2, 0.25) is 5.95 Å². The Morgan fingerprint density at radius 2 is 1.79 bits per heavy atom. The average Bonchev–Trinajstić information content (AvgIpc) is 2.34. The van der Waals surface area contributed by atoms with Crippen molar-refractivity contribution in [3.8, 4) is 0 Å². The van der Waals surface area contributed by atoms with E-state index in [-0.39, 0.29) is 17.5 Å². The van der Waals surface area contributed by atoms with Crippen molar-refractivity contribution < 1.29 is 8.42 Å². The van der Waals surface area contributed by atoms with Crippen molar-refractivity contribution in [3.63, 3.8) is 0 Å². The Bertz CT molecular complexity index is 671. The summed E-state index contributed by atoms with van der Waals surface area (Å²) in [6.45, 7) is 1.66. The Morgan fingerprint density at radius 3 is 2.47 bits per heavy atom. The van der Waals surface area contributed by atoms with Gasteiger partial charge in [0.1, 0.15) is 0 Å². The fourth-order valence-electron chi connectivity index (χ4n) is 1.65. The summed E-state index contributed by atoms with van der Waals surface area (Å²) in [6.07, 6.45) is 0. The number of hydrogen-bond donors (Lipinski definition) is 1. The van der Waals surface area contributed by atoms with E-state index in [2.05, 4.69) is 15.2 Å². The van der Waals surface area contributed by atoms with Crippen LogP contribution in [0.15, 0.2) is 30.3 Å². The molecular weight excluding hydrogens is 264 g/mol. The number of nitrogens with zero attached hydrogens (tertiary/aromatic N) is 3. The number of sulfone groups is 1. The lowest BCUT2D eigenvalue weighted by Crippen LogP contribution is -2.12. The molecule has 1 aromatic heterocycles. The van der Waals surface area contributed by atoms with E-state index in [1.54, 1.807) is 31.2 Å². The van der Waals surface area contributed by atoms with Gasteiger partial charge in [-0.3, -0.25) is 0 Å². The molecule has 0 aliphatic carbocycles. The van der Waals surface area contributed by atoms with Crippen LogP contribution < -0.4 is 5.73 Å². The SMILES string of the molecule is Cc1nnc(N)nc1CS(=O)(=O)Cc1ccccc1. The maximum atomic E-state index is 12.1. The van der Waals surface area contributed by atoms with Gasteiger partial charge in [-0.2, -0.15) is 5.10 Å². The molecule has 1 aromatic carbocycles. The van der Waals surface area contributed by atoms with Crippen molar-refractivity contribution in [2.24, 2.45) is 0 Å². The molecule has 0 aliphatic rings. The molecule has 0 saturated carbocycles. The largest absolute Gasteiger partial charge is 0.366 e. The van der Waals surface area contributed by atoms with E-state index in [0.29, 0.717) is 11.4 Å². The summed E-state index contributed by atoms with van der Waals surface area (Å²) < 4.78 is 24.2. The Balaban J connectivity index is 2.20. The van der Waals surface area contributed by atoms with E-state index in [1.165, 1.54) is 0 Å². The molecule has 0 fully saturated rings. The lowest BCUT2D eigenvalue weighted by atomic mass is 10.2. The number of nitrogens with two attached hydrogens (primary N) is 1. The molecule has 0 atom stereocenters. The first kappa shape index (κ1) is 13.4. The van der Waals surface area contributed by atoms with Crippen LogP contribution in [0, 0.1) is 6.92 Å². The van der Waals surface area contributed by atoms with Gasteiger partial charge in [-0.05, 0) is 12.5 Å². The van der Waals surface area contributed by atoms with Gasteiger partial charge in [0.25, 0.3) is 0 Å². The fourth-order valence-corrected chi connectivity index (χ4v) is 3.14. The second-order valence-electron chi connectivity index (χ2n) is 4.22. The van der Waals surface area contributed by atoms with Crippen LogP contribution in [0.3, 0.4) is 0 Å². The van der Waals surface area contributed by atoms with E-state index >= 15 is 0 Å². The summed E-state index contributed by atoms with van der Waals surface area (Å²) in [5, 5.41) is 7.34. The third-order valence-electron chi connectivity index (χ3n) is 2.56. The molecule has 0 unspecified atom stereocenters. The van der Waals surface area contributed by atoms with E-state index in [0.717, 1.165) is 5.56 Å². The first-order valence-corrected chi connectivity index (χ1v) is 7.48. The minimum Gasteiger partial charge on any atom is -0.366 e. The highest BCUT2D eigenvalue weighted by atomic mass is 32.2. The Labute approximate surface area is 111 Å². The molecule has 0 bridgehead atoms. The number of hydrogen-bond acceptors (Lipinski definition) is 6. The fraction of sp³-hybridized carbons (Fsp3) is 0.250. The molecule has 0 amide bonds. The molecule has 1 heterocycles. The van der Waals surface area contributed by atoms with Gasteiger partial charge in [-0.1, -0.05) is 30.3 Å². The molecule has 100 valence electrons. The molecule has 2 rings (SSSR count). The lowest BCUT2D eigenvalue weighted by molar-refractivity contribution is 0.593. The maximum Gasteiger partial charge on any atom is 0.240 e. The van der Waals surface area contributed by atoms with Gasteiger partial charge in [-0.25, -0.2) is 13.4 Å². The number of aryl methyl sites for hydroxylation is 1. The van der Waals surface area contributed by atoms with Crippen molar-refractivity contribution in [1.82, 2.24) is 15.2 Å². The van der Waals surface area contributed by atoms with Crippen LogP contribution in [-0.2, 0) is 21.3 Å². The normalized spacial score (nSPS) is 11.4. The third-order valence-corrected chi connectivity index (χ3v) is 4.04. The summed E-state index contributed by atoms with van der Waals surface area (Å²) in [4.78, 5) is 3.92. The zero-order chi connectivity index (χ0) is 13.9. The van der Waals surface area contributed by atoms with Gasteiger partial charge in [0.15, 0.2) is 9.84 Å². The number of rotatable bonds is 4. The second kappa shape index (κ2) is 5.31. The van der Waals surface area contributed by atoms with Gasteiger partial charge in [0.05, 0.1) is 22.9 Å². The summed E-state index contributed by atoms with van der Waals surface area (Å²) in [6, 6.07) is 9.00. The van der Waals surface area contributed by atoms with Crippen molar-refractivity contribution in [1.29, 1.82) is 0 Å². The molecule has 2 N–H and O–H groups in total. The van der Waals surface area contributed by atoms with Gasteiger partial charge >= 0.3 is 0 Å². The van der Waals surface area contributed by atoms with Crippen LogP contribution in [-0.4, -0.2) is 23.6 Å². The third kappa shape index (κ3) is 3.72. The van der Waals surface area contributed by atoms with Crippen LogP contribution in [0.2, 0.25) is 0 Å². The quantitative estimate of drug-likeness (QED) is 0.891. The smallest absolute Gasteiger partial charge is 0.240 e. The highest BCUT2D eigenvalue weighted by Gasteiger charge is 2.16.